The van der Waals surface area contributed by atoms with Gasteiger partial charge in [-0.3, -0.25) is 4.21 Å². The summed E-state index contributed by atoms with van der Waals surface area (Å²) in [7, 11) is 0. The van der Waals surface area contributed by atoms with Gasteiger partial charge in [-0.25, -0.2) is 13.8 Å². The number of halogens is 4. The van der Waals surface area contributed by atoms with Crippen molar-refractivity contribution in [3.8, 4) is 11.4 Å². The maximum absolute atomic E-state index is 14.3. The van der Waals surface area contributed by atoms with Gasteiger partial charge in [0.1, 0.15) is 22.8 Å². The molecule has 0 fully saturated rings. The lowest BCUT2D eigenvalue weighted by molar-refractivity contribution is -0.274. The van der Waals surface area contributed by atoms with Crippen molar-refractivity contribution in [2.45, 2.75) is 12.9 Å². The number of alkyl halides is 3. The van der Waals surface area contributed by atoms with E-state index in [9.17, 15) is 26.3 Å². The Kier molecular flexibility index (Phi) is 4.89. The lowest BCUT2D eigenvalue weighted by Crippen LogP contribution is -2.17. The van der Waals surface area contributed by atoms with Gasteiger partial charge in [-0.1, -0.05) is 11.3 Å². The molecular formula is C14H9F4N4O3S-. The van der Waals surface area contributed by atoms with Crippen molar-refractivity contribution in [1.29, 1.82) is 0 Å². The molecule has 0 bridgehead atoms. The summed E-state index contributed by atoms with van der Waals surface area (Å²) in [6.45, 7) is -0.0937. The van der Waals surface area contributed by atoms with Crippen molar-refractivity contribution in [3.05, 3.63) is 47.8 Å². The summed E-state index contributed by atoms with van der Waals surface area (Å²) in [6.07, 6.45) is -4.84. The zero-order chi connectivity index (χ0) is 18.9. The third kappa shape index (κ3) is 4.15. The number of hydrogen-bond donors (Lipinski definition) is 1. The second-order valence-corrected chi connectivity index (χ2v) is 5.80. The first-order chi connectivity index (χ1) is 12.2. The van der Waals surface area contributed by atoms with Crippen molar-refractivity contribution in [1.82, 2.24) is 19.7 Å². The van der Waals surface area contributed by atoms with Crippen LogP contribution >= 0.6 is 0 Å². The second-order valence-electron chi connectivity index (χ2n) is 5.04. The SMILES string of the molecule is O=S([O-])NCc1ccc(-n2nnc3cc(OC(F)(F)F)ccc32)c(F)c1. The fourth-order valence-electron chi connectivity index (χ4n) is 2.25. The lowest BCUT2D eigenvalue weighted by atomic mass is 10.2. The summed E-state index contributed by atoms with van der Waals surface area (Å²) < 4.78 is 79.1. The summed E-state index contributed by atoms with van der Waals surface area (Å²) >= 11 is -2.48. The number of hydrogen-bond acceptors (Lipinski definition) is 5. The Morgan fingerprint density at radius 3 is 2.65 bits per heavy atom. The van der Waals surface area contributed by atoms with Crippen LogP contribution < -0.4 is 9.46 Å². The highest BCUT2D eigenvalue weighted by Crippen LogP contribution is 2.27. The molecule has 7 nitrogen and oxygen atoms in total. The van der Waals surface area contributed by atoms with Crippen LogP contribution in [0.2, 0.25) is 0 Å². The Hall–Kier alpha value is -2.57. The molecular weight excluding hydrogens is 380 g/mol. The maximum atomic E-state index is 14.3. The second kappa shape index (κ2) is 6.97. The van der Waals surface area contributed by atoms with Gasteiger partial charge >= 0.3 is 6.36 Å². The summed E-state index contributed by atoms with van der Waals surface area (Å²) in [5.74, 6) is -1.17. The molecule has 0 aliphatic heterocycles. The molecule has 3 rings (SSSR count). The Morgan fingerprint density at radius 1 is 1.23 bits per heavy atom. The molecule has 0 aliphatic carbocycles. The van der Waals surface area contributed by atoms with E-state index in [1.807, 2.05) is 0 Å². The largest absolute Gasteiger partial charge is 0.760 e. The van der Waals surface area contributed by atoms with E-state index in [0.29, 0.717) is 5.56 Å². The number of rotatable bonds is 5. The first-order valence-corrected chi connectivity index (χ1v) is 8.03. The van der Waals surface area contributed by atoms with Gasteiger partial charge in [-0.2, -0.15) is 0 Å². The molecule has 26 heavy (non-hydrogen) atoms. The minimum absolute atomic E-state index is 0.00369. The van der Waals surface area contributed by atoms with Crippen LogP contribution in [-0.2, 0) is 17.8 Å². The van der Waals surface area contributed by atoms with E-state index in [1.165, 1.54) is 18.2 Å². The molecule has 1 aromatic heterocycles. The van der Waals surface area contributed by atoms with Gasteiger partial charge in [0.2, 0.25) is 0 Å². The van der Waals surface area contributed by atoms with Gasteiger partial charge in [0.15, 0.2) is 0 Å². The molecule has 3 aromatic rings. The Balaban J connectivity index is 1.92. The molecule has 0 amide bonds. The van der Waals surface area contributed by atoms with Crippen LogP contribution in [0, 0.1) is 5.82 Å². The van der Waals surface area contributed by atoms with Gasteiger partial charge in [-0.15, -0.1) is 18.3 Å². The molecule has 2 aromatic carbocycles. The number of fused-ring (bicyclic) bond motifs is 1. The highest BCUT2D eigenvalue weighted by Gasteiger charge is 2.31. The first kappa shape index (κ1) is 18.2. The van der Waals surface area contributed by atoms with E-state index in [0.717, 1.165) is 22.9 Å². The zero-order valence-electron chi connectivity index (χ0n) is 12.7. The Labute approximate surface area is 146 Å². The van der Waals surface area contributed by atoms with E-state index in [-0.39, 0.29) is 23.3 Å². The summed E-state index contributed by atoms with van der Waals surface area (Å²) in [5.41, 5.74) is 0.730. The standard InChI is InChI=1S/C14H10F4N4O3S/c15-10-5-8(7-19-26(23)24)1-3-12(10)22-13-4-2-9(25-14(16,17)18)6-11(13)20-21-22/h1-6,19H,7H2,(H,23,24)/p-1. The molecule has 1 N–H and O–H groups in total. The van der Waals surface area contributed by atoms with E-state index < -0.39 is 29.2 Å². The molecule has 0 spiro atoms. The van der Waals surface area contributed by atoms with Crippen LogP contribution in [0.5, 0.6) is 5.75 Å². The predicted molar refractivity (Wildman–Crippen MR) is 81.3 cm³/mol. The minimum Gasteiger partial charge on any atom is -0.760 e. The smallest absolute Gasteiger partial charge is 0.573 e. The van der Waals surface area contributed by atoms with Gasteiger partial charge in [0, 0.05) is 23.9 Å². The molecule has 0 saturated carbocycles. The van der Waals surface area contributed by atoms with Gasteiger partial charge in [0.05, 0.1) is 5.52 Å². The van der Waals surface area contributed by atoms with Crippen molar-refractivity contribution in [2.24, 2.45) is 0 Å². The van der Waals surface area contributed by atoms with Gasteiger partial charge < -0.3 is 9.29 Å². The lowest BCUT2D eigenvalue weighted by Gasteiger charge is -2.10. The van der Waals surface area contributed by atoms with E-state index >= 15 is 0 Å². The average Bonchev–Trinajstić information content (AvgIpc) is 2.94. The molecule has 12 heteroatoms. The van der Waals surface area contributed by atoms with E-state index in [4.69, 9.17) is 0 Å². The minimum atomic E-state index is -4.84. The van der Waals surface area contributed by atoms with Crippen LogP contribution in [0.1, 0.15) is 5.56 Å². The van der Waals surface area contributed by atoms with Gasteiger partial charge in [-0.05, 0) is 29.8 Å². The molecule has 138 valence electrons. The summed E-state index contributed by atoms with van der Waals surface area (Å²) in [6, 6.07) is 7.32. The average molecular weight is 389 g/mol. The highest BCUT2D eigenvalue weighted by molar-refractivity contribution is 7.77. The van der Waals surface area contributed by atoms with Crippen LogP contribution in [-0.4, -0.2) is 30.1 Å². The summed E-state index contributed by atoms with van der Waals surface area (Å²) in [5, 5.41) is 7.46. The predicted octanol–water partition coefficient (Wildman–Crippen LogP) is 2.34. The number of nitrogens with one attached hydrogen (secondary N) is 1. The van der Waals surface area contributed by atoms with Gasteiger partial charge in [0.25, 0.3) is 0 Å². The highest BCUT2D eigenvalue weighted by atomic mass is 32.2. The number of aromatic nitrogens is 3. The van der Waals surface area contributed by atoms with Crippen molar-refractivity contribution in [3.63, 3.8) is 0 Å². The zero-order valence-corrected chi connectivity index (χ0v) is 13.5. The fourth-order valence-corrected chi connectivity index (χ4v) is 2.54. The normalized spacial score (nSPS) is 13.1. The van der Waals surface area contributed by atoms with Crippen molar-refractivity contribution >= 4 is 22.3 Å². The molecule has 0 saturated heterocycles. The first-order valence-electron chi connectivity index (χ1n) is 6.96. The van der Waals surface area contributed by atoms with Crippen molar-refractivity contribution in [2.75, 3.05) is 0 Å². The monoisotopic (exact) mass is 389 g/mol. The fraction of sp³-hybridized carbons (Fsp3) is 0.143. The Bertz CT molecular complexity index is 976. The van der Waals surface area contributed by atoms with Crippen LogP contribution in [0.3, 0.4) is 0 Å². The summed E-state index contributed by atoms with van der Waals surface area (Å²) in [4.78, 5) is 0. The maximum Gasteiger partial charge on any atom is 0.573 e. The van der Waals surface area contributed by atoms with Crippen molar-refractivity contribution < 1.29 is 31.1 Å². The quantitative estimate of drug-likeness (QED) is 0.534. The third-order valence-electron chi connectivity index (χ3n) is 3.28. The molecule has 1 heterocycles. The number of ether oxygens (including phenoxy) is 1. The number of nitrogens with zero attached hydrogens (tertiary/aromatic N) is 3. The van der Waals surface area contributed by atoms with Crippen LogP contribution in [0.15, 0.2) is 36.4 Å². The van der Waals surface area contributed by atoms with Crippen LogP contribution in [0.25, 0.3) is 16.7 Å². The van der Waals surface area contributed by atoms with E-state index in [2.05, 4.69) is 19.8 Å². The molecule has 1 unspecified atom stereocenters. The molecule has 0 aliphatic rings. The number of benzene rings is 2. The topological polar surface area (TPSA) is 92.1 Å². The molecule has 1 atom stereocenters. The molecule has 0 radical (unpaired) electrons. The Morgan fingerprint density at radius 2 is 2.00 bits per heavy atom. The van der Waals surface area contributed by atoms with Crippen LogP contribution in [0.4, 0.5) is 17.6 Å². The van der Waals surface area contributed by atoms with E-state index in [1.54, 1.807) is 0 Å². The third-order valence-corrected chi connectivity index (χ3v) is 3.67.